The Kier molecular flexibility index (Phi) is 13.4. The number of amides is 1. The number of nitrogens with one attached hydrogen (secondary N) is 3. The molecule has 1 heterocycles. The molecule has 1 aliphatic rings. The van der Waals surface area contributed by atoms with Crippen molar-refractivity contribution in [2.45, 2.75) is 33.4 Å². The van der Waals surface area contributed by atoms with E-state index in [-0.39, 0.29) is 19.2 Å². The summed E-state index contributed by atoms with van der Waals surface area (Å²) in [6, 6.07) is 17.3. The molecule has 47 heavy (non-hydrogen) atoms. The normalized spacial score (nSPS) is 14.2. The van der Waals surface area contributed by atoms with E-state index in [1.54, 1.807) is 57.2 Å². The van der Waals surface area contributed by atoms with E-state index in [1.807, 2.05) is 24.3 Å². The standard InChI is InChI=1S/C33H32I2N4O7S/c1-4-43-31(41)22-12-10-20(11-13-22)17-46-30-24(34)14-21(15-25(30)35)16-36-39-27(40)18-45-26-9-7-6-8-23(26)29-28(32(42)44-5-2)19(3)37-33(47)38-29/h6-16,29H,4-5,17-18H2,1-3H3,(H,39,40)(H2,37,38,47)/t29-/m1/s1. The fourth-order valence-electron chi connectivity index (χ4n) is 4.51. The summed E-state index contributed by atoms with van der Waals surface area (Å²) in [7, 11) is 0. The van der Waals surface area contributed by atoms with Crippen molar-refractivity contribution in [1.82, 2.24) is 16.1 Å². The fourth-order valence-corrected chi connectivity index (χ4v) is 6.91. The first-order chi connectivity index (χ1) is 22.6. The van der Waals surface area contributed by atoms with Crippen LogP contribution in [0.2, 0.25) is 0 Å². The lowest BCUT2D eigenvalue weighted by molar-refractivity contribution is -0.139. The summed E-state index contributed by atoms with van der Waals surface area (Å²) in [6.45, 7) is 5.80. The molecule has 0 aromatic heterocycles. The molecule has 0 radical (unpaired) electrons. The van der Waals surface area contributed by atoms with E-state index in [0.29, 0.717) is 52.2 Å². The lowest BCUT2D eigenvalue weighted by Gasteiger charge is -2.30. The van der Waals surface area contributed by atoms with Crippen molar-refractivity contribution >= 4 is 86.6 Å². The summed E-state index contributed by atoms with van der Waals surface area (Å²) in [5.74, 6) is -0.192. The molecule has 0 fully saturated rings. The number of carbonyl (C=O) groups excluding carboxylic acids is 3. The number of benzene rings is 3. The molecule has 4 rings (SSSR count). The molecule has 0 unspecified atom stereocenters. The smallest absolute Gasteiger partial charge is 0.338 e. The van der Waals surface area contributed by atoms with Gasteiger partial charge in [-0.05, 0) is 120 Å². The Labute approximate surface area is 305 Å². The van der Waals surface area contributed by atoms with Gasteiger partial charge in [-0.3, -0.25) is 4.79 Å². The minimum Gasteiger partial charge on any atom is -0.487 e. The minimum absolute atomic E-state index is 0.220. The molecule has 1 aliphatic heterocycles. The molecule has 1 amide bonds. The van der Waals surface area contributed by atoms with Gasteiger partial charge < -0.3 is 29.6 Å². The maximum Gasteiger partial charge on any atom is 0.338 e. The van der Waals surface area contributed by atoms with Gasteiger partial charge in [-0.1, -0.05) is 30.3 Å². The van der Waals surface area contributed by atoms with Crippen LogP contribution in [0.3, 0.4) is 0 Å². The molecule has 0 bridgehead atoms. The van der Waals surface area contributed by atoms with Crippen LogP contribution in [0.1, 0.15) is 53.9 Å². The number of allylic oxidation sites excluding steroid dienone is 1. The molecule has 3 aromatic carbocycles. The first kappa shape index (κ1) is 36.1. The number of hydrogen-bond acceptors (Lipinski definition) is 9. The van der Waals surface area contributed by atoms with Gasteiger partial charge in [-0.15, -0.1) is 0 Å². The number of ether oxygens (including phenoxy) is 4. The summed E-state index contributed by atoms with van der Waals surface area (Å²) < 4.78 is 23.9. The van der Waals surface area contributed by atoms with Gasteiger partial charge in [0.15, 0.2) is 11.7 Å². The largest absolute Gasteiger partial charge is 0.487 e. The molecule has 0 aliphatic carbocycles. The van der Waals surface area contributed by atoms with Crippen LogP contribution in [0.15, 0.2) is 77.0 Å². The van der Waals surface area contributed by atoms with Crippen LogP contribution in [0.25, 0.3) is 0 Å². The van der Waals surface area contributed by atoms with Gasteiger partial charge >= 0.3 is 11.9 Å². The summed E-state index contributed by atoms with van der Waals surface area (Å²) in [4.78, 5) is 37.3. The van der Waals surface area contributed by atoms with Crippen LogP contribution in [-0.2, 0) is 25.7 Å². The van der Waals surface area contributed by atoms with Crippen LogP contribution < -0.4 is 25.5 Å². The van der Waals surface area contributed by atoms with Crippen molar-refractivity contribution in [3.63, 3.8) is 0 Å². The van der Waals surface area contributed by atoms with E-state index in [9.17, 15) is 14.4 Å². The van der Waals surface area contributed by atoms with Gasteiger partial charge in [-0.25, -0.2) is 15.0 Å². The highest BCUT2D eigenvalue weighted by atomic mass is 127. The lowest BCUT2D eigenvalue weighted by Crippen LogP contribution is -2.45. The zero-order chi connectivity index (χ0) is 33.9. The van der Waals surface area contributed by atoms with Crippen molar-refractivity contribution in [3.05, 3.63) is 101 Å². The van der Waals surface area contributed by atoms with Crippen LogP contribution in [0, 0.1) is 7.14 Å². The number of thiocarbonyl (C=S) groups is 1. The SMILES string of the molecule is CCOC(=O)C1=C(C)NC(=S)N[C@@H]1c1ccccc1OCC(=O)NN=Cc1cc(I)c(OCc2ccc(C(=O)OCC)cc2)c(I)c1. The third-order valence-electron chi connectivity index (χ3n) is 6.62. The number of para-hydroxylation sites is 1. The Morgan fingerprint density at radius 3 is 2.30 bits per heavy atom. The number of hydrazone groups is 1. The quantitative estimate of drug-likeness (QED) is 0.0661. The first-order valence-corrected chi connectivity index (χ1v) is 17.0. The molecule has 1 atom stereocenters. The molecule has 0 saturated carbocycles. The third kappa shape index (κ3) is 9.87. The van der Waals surface area contributed by atoms with Gasteiger partial charge in [-0.2, -0.15) is 5.10 Å². The van der Waals surface area contributed by atoms with Crippen LogP contribution in [-0.4, -0.2) is 49.0 Å². The average molecular weight is 883 g/mol. The average Bonchev–Trinajstić information content (AvgIpc) is 3.03. The van der Waals surface area contributed by atoms with Gasteiger partial charge in [0.05, 0.1) is 43.7 Å². The third-order valence-corrected chi connectivity index (χ3v) is 8.45. The van der Waals surface area contributed by atoms with E-state index in [2.05, 4.69) is 66.3 Å². The predicted molar refractivity (Wildman–Crippen MR) is 197 cm³/mol. The van der Waals surface area contributed by atoms with Crippen molar-refractivity contribution in [3.8, 4) is 11.5 Å². The van der Waals surface area contributed by atoms with Crippen LogP contribution >= 0.6 is 57.4 Å². The zero-order valence-electron chi connectivity index (χ0n) is 25.7. The highest BCUT2D eigenvalue weighted by molar-refractivity contribution is 14.1. The van der Waals surface area contributed by atoms with Crippen molar-refractivity contribution in [2.75, 3.05) is 19.8 Å². The Balaban J connectivity index is 1.35. The second kappa shape index (κ2) is 17.4. The summed E-state index contributed by atoms with van der Waals surface area (Å²) in [5.41, 5.74) is 6.21. The van der Waals surface area contributed by atoms with Gasteiger partial charge in [0.25, 0.3) is 5.91 Å². The monoisotopic (exact) mass is 882 g/mol. The zero-order valence-corrected chi connectivity index (χ0v) is 30.9. The van der Waals surface area contributed by atoms with Gasteiger partial charge in [0, 0.05) is 11.3 Å². The number of halogens is 2. The molecule has 11 nitrogen and oxygen atoms in total. The Morgan fingerprint density at radius 2 is 1.62 bits per heavy atom. The van der Waals surface area contributed by atoms with Gasteiger partial charge in [0.1, 0.15) is 18.1 Å². The second-order valence-corrected chi connectivity index (χ2v) is 12.7. The number of rotatable bonds is 13. The minimum atomic E-state index is -0.631. The summed E-state index contributed by atoms with van der Waals surface area (Å²) in [6.07, 6.45) is 1.53. The van der Waals surface area contributed by atoms with Crippen molar-refractivity contribution in [1.29, 1.82) is 0 Å². The van der Waals surface area contributed by atoms with Crippen molar-refractivity contribution in [2.24, 2.45) is 5.10 Å². The molecule has 14 heteroatoms. The first-order valence-electron chi connectivity index (χ1n) is 14.5. The van der Waals surface area contributed by atoms with E-state index in [0.717, 1.165) is 18.3 Å². The second-order valence-electron chi connectivity index (χ2n) is 9.93. The molecule has 0 saturated heterocycles. The highest BCUT2D eigenvalue weighted by Gasteiger charge is 2.32. The van der Waals surface area contributed by atoms with E-state index < -0.39 is 17.9 Å². The maximum atomic E-state index is 12.8. The van der Waals surface area contributed by atoms with E-state index in [4.69, 9.17) is 31.2 Å². The van der Waals surface area contributed by atoms with Crippen LogP contribution in [0.4, 0.5) is 0 Å². The van der Waals surface area contributed by atoms with Gasteiger partial charge in [0.2, 0.25) is 0 Å². The Morgan fingerprint density at radius 1 is 0.957 bits per heavy atom. The molecule has 3 N–H and O–H groups in total. The highest BCUT2D eigenvalue weighted by Crippen LogP contribution is 2.34. The Bertz CT molecular complexity index is 1690. The number of carbonyl (C=O) groups is 3. The fraction of sp³-hybridized carbons (Fsp3) is 0.242. The summed E-state index contributed by atoms with van der Waals surface area (Å²) >= 11 is 9.70. The Hall–Kier alpha value is -3.77. The van der Waals surface area contributed by atoms with Crippen molar-refractivity contribution < 1.29 is 33.3 Å². The molecule has 3 aromatic rings. The van der Waals surface area contributed by atoms with Crippen LogP contribution in [0.5, 0.6) is 11.5 Å². The summed E-state index contributed by atoms with van der Waals surface area (Å²) in [5, 5.41) is 10.5. The topological polar surface area (TPSA) is 137 Å². The number of nitrogens with zero attached hydrogens (tertiary/aromatic N) is 1. The molecule has 0 spiro atoms. The predicted octanol–water partition coefficient (Wildman–Crippen LogP) is 5.54. The maximum absolute atomic E-state index is 12.8. The molecular weight excluding hydrogens is 850 g/mol. The number of esters is 2. The molecular formula is C33H32I2N4O7S. The van der Waals surface area contributed by atoms with E-state index in [1.165, 1.54) is 6.21 Å². The lowest BCUT2D eigenvalue weighted by atomic mass is 9.95. The number of hydrogen-bond donors (Lipinski definition) is 3. The molecule has 246 valence electrons. The van der Waals surface area contributed by atoms with E-state index >= 15 is 0 Å².